The maximum atomic E-state index is 12.0. The lowest BCUT2D eigenvalue weighted by atomic mass is 9.84. The van der Waals surface area contributed by atoms with Crippen molar-refractivity contribution in [2.45, 2.75) is 45.1 Å². The van der Waals surface area contributed by atoms with Crippen LogP contribution in [-0.2, 0) is 9.53 Å². The molecule has 1 aliphatic carbocycles. The average Bonchev–Trinajstić information content (AvgIpc) is 2.60. The van der Waals surface area contributed by atoms with Crippen LogP contribution in [0.15, 0.2) is 0 Å². The van der Waals surface area contributed by atoms with E-state index >= 15 is 0 Å². The number of nitrogens with two attached hydrogens (primary N) is 1. The van der Waals surface area contributed by atoms with Gasteiger partial charge in [-0.25, -0.2) is 0 Å². The molecule has 3 N–H and O–H groups in total. The minimum Gasteiger partial charge on any atom is -0.385 e. The Hall–Kier alpha value is -0.610. The molecule has 0 spiro atoms. The summed E-state index contributed by atoms with van der Waals surface area (Å²) in [7, 11) is 1.69. The van der Waals surface area contributed by atoms with Crippen LogP contribution in [-0.4, -0.2) is 32.2 Å². The molecule has 0 heterocycles. The molecule has 0 saturated heterocycles. The highest BCUT2D eigenvalue weighted by molar-refractivity contribution is 5.83. The normalized spacial score (nSPS) is 29.3. The maximum Gasteiger partial charge on any atom is 0.227 e. The predicted molar refractivity (Wildman–Crippen MR) is 64.1 cm³/mol. The predicted octanol–water partition coefficient (Wildman–Crippen LogP) is 1.05. The Labute approximate surface area is 97.9 Å². The molecule has 1 amide bonds. The van der Waals surface area contributed by atoms with E-state index in [1.54, 1.807) is 7.11 Å². The second-order valence-corrected chi connectivity index (χ2v) is 4.87. The molecule has 94 valence electrons. The molecular weight excluding hydrogens is 204 g/mol. The highest BCUT2D eigenvalue weighted by Gasteiger charge is 2.42. The van der Waals surface area contributed by atoms with Crippen molar-refractivity contribution >= 4 is 5.91 Å². The van der Waals surface area contributed by atoms with Gasteiger partial charge in [-0.05, 0) is 32.6 Å². The number of hydrogen-bond acceptors (Lipinski definition) is 3. The number of hydrogen-bond donors (Lipinski definition) is 2. The topological polar surface area (TPSA) is 64.3 Å². The van der Waals surface area contributed by atoms with Gasteiger partial charge in [0.25, 0.3) is 0 Å². The van der Waals surface area contributed by atoms with Crippen LogP contribution in [0.25, 0.3) is 0 Å². The molecule has 0 aliphatic heterocycles. The fourth-order valence-electron chi connectivity index (χ4n) is 2.25. The molecular formula is C12H24N2O2. The van der Waals surface area contributed by atoms with Gasteiger partial charge in [0.15, 0.2) is 0 Å². The van der Waals surface area contributed by atoms with Crippen molar-refractivity contribution < 1.29 is 9.53 Å². The first-order valence-electron chi connectivity index (χ1n) is 6.14. The Morgan fingerprint density at radius 1 is 1.56 bits per heavy atom. The van der Waals surface area contributed by atoms with Crippen molar-refractivity contribution in [2.75, 3.05) is 20.3 Å². The smallest absolute Gasteiger partial charge is 0.227 e. The van der Waals surface area contributed by atoms with Crippen LogP contribution in [0.2, 0.25) is 0 Å². The van der Waals surface area contributed by atoms with E-state index in [9.17, 15) is 4.79 Å². The van der Waals surface area contributed by atoms with E-state index in [-0.39, 0.29) is 17.4 Å². The summed E-state index contributed by atoms with van der Waals surface area (Å²) in [5.74, 6) is 0.120. The Bertz CT molecular complexity index is 233. The highest BCUT2D eigenvalue weighted by atomic mass is 16.5. The van der Waals surface area contributed by atoms with Gasteiger partial charge in [0.05, 0.1) is 5.41 Å². The molecule has 4 heteroatoms. The van der Waals surface area contributed by atoms with Crippen LogP contribution >= 0.6 is 0 Å². The summed E-state index contributed by atoms with van der Waals surface area (Å²) < 4.78 is 4.95. The standard InChI is InChI=1S/C12H24N2O2/c1-12(7-5-6-10(12)13)11(15)14-8-3-4-9-16-2/h10H,3-9,13H2,1-2H3,(H,14,15). The van der Waals surface area contributed by atoms with E-state index in [1.807, 2.05) is 6.92 Å². The van der Waals surface area contributed by atoms with Gasteiger partial charge >= 0.3 is 0 Å². The largest absolute Gasteiger partial charge is 0.385 e. The van der Waals surface area contributed by atoms with Crippen LogP contribution in [0.5, 0.6) is 0 Å². The van der Waals surface area contributed by atoms with E-state index in [1.165, 1.54) is 0 Å². The first kappa shape index (κ1) is 13.5. The number of methoxy groups -OCH3 is 1. The lowest BCUT2D eigenvalue weighted by Crippen LogP contribution is -2.47. The van der Waals surface area contributed by atoms with Crippen molar-refractivity contribution in [3.8, 4) is 0 Å². The number of ether oxygens (including phenoxy) is 1. The molecule has 1 rings (SSSR count). The minimum atomic E-state index is -0.346. The second-order valence-electron chi connectivity index (χ2n) is 4.87. The summed E-state index contributed by atoms with van der Waals surface area (Å²) >= 11 is 0. The number of rotatable bonds is 6. The van der Waals surface area contributed by atoms with Gasteiger partial charge in [-0.3, -0.25) is 4.79 Å². The molecule has 0 radical (unpaired) electrons. The van der Waals surface area contributed by atoms with Crippen LogP contribution < -0.4 is 11.1 Å². The Kier molecular flexibility index (Phi) is 5.22. The maximum absolute atomic E-state index is 12.0. The molecule has 2 atom stereocenters. The third kappa shape index (κ3) is 3.19. The number of carbonyl (C=O) groups excluding carboxylic acids is 1. The monoisotopic (exact) mass is 228 g/mol. The first-order chi connectivity index (χ1) is 7.61. The second kappa shape index (κ2) is 6.21. The van der Waals surface area contributed by atoms with Crippen molar-refractivity contribution in [1.82, 2.24) is 5.32 Å². The zero-order chi connectivity index (χ0) is 12.0. The van der Waals surface area contributed by atoms with Crippen molar-refractivity contribution in [3.63, 3.8) is 0 Å². The number of carbonyl (C=O) groups is 1. The van der Waals surface area contributed by atoms with Gasteiger partial charge in [-0.15, -0.1) is 0 Å². The average molecular weight is 228 g/mol. The van der Waals surface area contributed by atoms with Crippen LogP contribution in [0, 0.1) is 5.41 Å². The van der Waals surface area contributed by atoms with Gasteiger partial charge in [0.1, 0.15) is 0 Å². The summed E-state index contributed by atoms with van der Waals surface area (Å²) in [6, 6.07) is 0.0199. The summed E-state index contributed by atoms with van der Waals surface area (Å²) in [5.41, 5.74) is 5.64. The van der Waals surface area contributed by atoms with Gasteiger partial charge < -0.3 is 15.8 Å². The summed E-state index contributed by atoms with van der Waals surface area (Å²) in [4.78, 5) is 12.0. The van der Waals surface area contributed by atoms with Crippen molar-refractivity contribution in [3.05, 3.63) is 0 Å². The third-order valence-corrected chi connectivity index (χ3v) is 3.61. The SMILES string of the molecule is COCCCCNC(=O)C1(C)CCCC1N. The fourth-order valence-corrected chi connectivity index (χ4v) is 2.25. The molecule has 4 nitrogen and oxygen atoms in total. The summed E-state index contributed by atoms with van der Waals surface area (Å²) in [5, 5.41) is 2.98. The molecule has 0 bridgehead atoms. The Balaban J connectivity index is 2.24. The molecule has 1 saturated carbocycles. The Morgan fingerprint density at radius 2 is 2.31 bits per heavy atom. The van der Waals surface area contributed by atoms with Crippen molar-refractivity contribution in [1.29, 1.82) is 0 Å². The van der Waals surface area contributed by atoms with E-state index in [0.29, 0.717) is 0 Å². The minimum absolute atomic E-state index is 0.0199. The van der Waals surface area contributed by atoms with E-state index in [4.69, 9.17) is 10.5 Å². The zero-order valence-electron chi connectivity index (χ0n) is 10.4. The van der Waals surface area contributed by atoms with Crippen LogP contribution in [0.4, 0.5) is 0 Å². The van der Waals surface area contributed by atoms with E-state index < -0.39 is 0 Å². The highest BCUT2D eigenvalue weighted by Crippen LogP contribution is 2.36. The molecule has 1 aliphatic rings. The summed E-state index contributed by atoms with van der Waals surface area (Å²) in [6.45, 7) is 3.46. The molecule has 0 aromatic heterocycles. The lowest BCUT2D eigenvalue weighted by molar-refractivity contribution is -0.130. The van der Waals surface area contributed by atoms with E-state index in [0.717, 1.165) is 45.3 Å². The molecule has 2 unspecified atom stereocenters. The van der Waals surface area contributed by atoms with Gasteiger partial charge in [0, 0.05) is 26.3 Å². The van der Waals surface area contributed by atoms with Gasteiger partial charge in [-0.1, -0.05) is 6.42 Å². The van der Waals surface area contributed by atoms with E-state index in [2.05, 4.69) is 5.32 Å². The lowest BCUT2D eigenvalue weighted by Gasteiger charge is -2.27. The molecule has 1 fully saturated rings. The van der Waals surface area contributed by atoms with Gasteiger partial charge in [0.2, 0.25) is 5.91 Å². The zero-order valence-corrected chi connectivity index (χ0v) is 10.4. The molecule has 0 aromatic rings. The molecule has 16 heavy (non-hydrogen) atoms. The third-order valence-electron chi connectivity index (χ3n) is 3.61. The number of unbranched alkanes of at least 4 members (excludes halogenated alkanes) is 1. The Morgan fingerprint density at radius 3 is 2.88 bits per heavy atom. The van der Waals surface area contributed by atoms with Crippen molar-refractivity contribution in [2.24, 2.45) is 11.1 Å². The quantitative estimate of drug-likeness (QED) is 0.668. The first-order valence-corrected chi connectivity index (χ1v) is 6.14. The number of amides is 1. The van der Waals surface area contributed by atoms with Crippen LogP contribution in [0.3, 0.4) is 0 Å². The number of nitrogens with one attached hydrogen (secondary N) is 1. The van der Waals surface area contributed by atoms with Crippen LogP contribution in [0.1, 0.15) is 39.0 Å². The molecule has 0 aromatic carbocycles. The fraction of sp³-hybridized carbons (Fsp3) is 0.917. The summed E-state index contributed by atoms with van der Waals surface area (Å²) in [6.07, 6.45) is 4.89. The van der Waals surface area contributed by atoms with Gasteiger partial charge in [-0.2, -0.15) is 0 Å².